The number of hydrazine groups is 1. The molecule has 1 aliphatic rings. The molecule has 1 aromatic heterocycles. The molecule has 0 aliphatic carbocycles. The lowest BCUT2D eigenvalue weighted by molar-refractivity contribution is -0.135. The monoisotopic (exact) mass is 403 g/mol. The Labute approximate surface area is 164 Å². The molecule has 10 heteroatoms. The standard InChI is InChI=1S/C18H17N3O6S/c1-28-17-11(5-4-8-19-17)18(24)26-10-15(22)20-21-16(23)14-9-25-12-6-2-3-7-13(12)27-14/h2-8,14H,9-10H2,1H3,(H,20,22)(H,21,23)/t14-/m0/s1. The van der Waals surface area contributed by atoms with Crippen molar-refractivity contribution in [1.29, 1.82) is 0 Å². The molecule has 146 valence electrons. The Morgan fingerprint density at radius 3 is 2.75 bits per heavy atom. The van der Waals surface area contributed by atoms with E-state index in [1.165, 1.54) is 11.8 Å². The summed E-state index contributed by atoms with van der Waals surface area (Å²) in [5.74, 6) is -0.989. The van der Waals surface area contributed by atoms with Gasteiger partial charge in [-0.1, -0.05) is 12.1 Å². The number of aromatic nitrogens is 1. The quantitative estimate of drug-likeness (QED) is 0.431. The van der Waals surface area contributed by atoms with Crippen molar-refractivity contribution < 1.29 is 28.6 Å². The number of hydrogen-bond acceptors (Lipinski definition) is 8. The van der Waals surface area contributed by atoms with Gasteiger partial charge in [0.25, 0.3) is 11.8 Å². The highest BCUT2D eigenvalue weighted by atomic mass is 32.2. The Balaban J connectivity index is 1.44. The van der Waals surface area contributed by atoms with E-state index in [4.69, 9.17) is 14.2 Å². The predicted octanol–water partition coefficient (Wildman–Crippen LogP) is 0.948. The van der Waals surface area contributed by atoms with Crippen LogP contribution in [0.4, 0.5) is 0 Å². The Bertz CT molecular complexity index is 891. The minimum Gasteiger partial charge on any atom is -0.485 e. The van der Waals surface area contributed by atoms with Gasteiger partial charge >= 0.3 is 5.97 Å². The molecule has 0 spiro atoms. The van der Waals surface area contributed by atoms with Gasteiger partial charge in [0.05, 0.1) is 5.56 Å². The van der Waals surface area contributed by atoms with Crippen molar-refractivity contribution in [3.8, 4) is 11.5 Å². The van der Waals surface area contributed by atoms with Crippen molar-refractivity contribution >= 4 is 29.5 Å². The van der Waals surface area contributed by atoms with Crippen molar-refractivity contribution in [3.05, 3.63) is 48.2 Å². The number of amides is 2. The number of pyridine rings is 1. The summed E-state index contributed by atoms with van der Waals surface area (Å²) in [5, 5.41) is 0.496. The Kier molecular flexibility index (Phi) is 6.33. The number of hydrogen-bond donors (Lipinski definition) is 2. The number of benzene rings is 1. The lowest BCUT2D eigenvalue weighted by atomic mass is 10.2. The Hall–Kier alpha value is -3.27. The van der Waals surface area contributed by atoms with Crippen LogP contribution in [0.25, 0.3) is 0 Å². The minimum absolute atomic E-state index is 0.00612. The lowest BCUT2D eigenvalue weighted by Gasteiger charge is -2.25. The van der Waals surface area contributed by atoms with E-state index in [2.05, 4.69) is 15.8 Å². The van der Waals surface area contributed by atoms with Crippen LogP contribution in [0.5, 0.6) is 11.5 Å². The van der Waals surface area contributed by atoms with Gasteiger partial charge in [-0.3, -0.25) is 20.4 Å². The summed E-state index contributed by atoms with van der Waals surface area (Å²) in [6.07, 6.45) is 2.41. The molecule has 0 unspecified atom stereocenters. The summed E-state index contributed by atoms with van der Waals surface area (Å²) < 4.78 is 15.9. The summed E-state index contributed by atoms with van der Waals surface area (Å²) in [6.45, 7) is -0.557. The molecule has 2 N–H and O–H groups in total. The van der Waals surface area contributed by atoms with Crippen LogP contribution in [0.3, 0.4) is 0 Å². The number of nitrogens with one attached hydrogen (secondary N) is 2. The van der Waals surface area contributed by atoms with Gasteiger partial charge in [-0.05, 0) is 30.5 Å². The average molecular weight is 403 g/mol. The van der Waals surface area contributed by atoms with Crippen LogP contribution in [0.15, 0.2) is 47.6 Å². The molecule has 0 fully saturated rings. The highest BCUT2D eigenvalue weighted by Crippen LogP contribution is 2.30. The normalized spacial score (nSPS) is 14.7. The van der Waals surface area contributed by atoms with Gasteiger partial charge in [-0.25, -0.2) is 9.78 Å². The molecule has 2 amide bonds. The molecule has 28 heavy (non-hydrogen) atoms. The first-order chi connectivity index (χ1) is 13.6. The molecule has 3 rings (SSSR count). The first-order valence-corrected chi connectivity index (χ1v) is 9.44. The van der Waals surface area contributed by atoms with Crippen LogP contribution < -0.4 is 20.3 Å². The first kappa shape index (κ1) is 19.5. The molecule has 0 bridgehead atoms. The maximum Gasteiger partial charge on any atom is 0.341 e. The van der Waals surface area contributed by atoms with Crippen LogP contribution in [0.1, 0.15) is 10.4 Å². The van der Waals surface area contributed by atoms with Crippen LogP contribution in [-0.2, 0) is 14.3 Å². The first-order valence-electron chi connectivity index (χ1n) is 8.22. The largest absolute Gasteiger partial charge is 0.485 e. The summed E-state index contributed by atoms with van der Waals surface area (Å²) in [4.78, 5) is 40.0. The number of para-hydroxylation sites is 2. The van der Waals surface area contributed by atoms with Crippen LogP contribution in [-0.4, -0.2) is 48.3 Å². The summed E-state index contributed by atoms with van der Waals surface area (Å²) in [7, 11) is 0. The van der Waals surface area contributed by atoms with Crippen molar-refractivity contribution in [2.24, 2.45) is 0 Å². The zero-order valence-corrected chi connectivity index (χ0v) is 15.7. The molecular formula is C18H17N3O6S. The molecule has 1 aromatic carbocycles. The number of carbonyl (C=O) groups excluding carboxylic acids is 3. The number of rotatable bonds is 5. The molecule has 0 radical (unpaired) electrons. The molecule has 1 atom stereocenters. The van der Waals surface area contributed by atoms with E-state index in [1.54, 1.807) is 48.9 Å². The predicted molar refractivity (Wildman–Crippen MR) is 98.9 cm³/mol. The van der Waals surface area contributed by atoms with Crippen molar-refractivity contribution in [1.82, 2.24) is 15.8 Å². The summed E-state index contributed by atoms with van der Waals surface area (Å²) in [5.41, 5.74) is 4.65. The van der Waals surface area contributed by atoms with Gasteiger partial charge < -0.3 is 14.2 Å². The second-order valence-corrected chi connectivity index (χ2v) is 6.33. The second-order valence-electron chi connectivity index (χ2n) is 5.54. The Morgan fingerprint density at radius 2 is 1.96 bits per heavy atom. The van der Waals surface area contributed by atoms with Crippen molar-refractivity contribution in [3.63, 3.8) is 0 Å². The molecule has 2 aromatic rings. The van der Waals surface area contributed by atoms with Gasteiger partial charge in [0.1, 0.15) is 11.6 Å². The fraction of sp³-hybridized carbons (Fsp3) is 0.222. The number of ether oxygens (including phenoxy) is 3. The molecule has 0 saturated heterocycles. The van der Waals surface area contributed by atoms with E-state index in [0.717, 1.165) is 0 Å². The highest BCUT2D eigenvalue weighted by Gasteiger charge is 2.27. The van der Waals surface area contributed by atoms with E-state index in [9.17, 15) is 14.4 Å². The van der Waals surface area contributed by atoms with Gasteiger partial charge in [0.2, 0.25) is 6.10 Å². The van der Waals surface area contributed by atoms with Crippen molar-refractivity contribution in [2.45, 2.75) is 11.1 Å². The van der Waals surface area contributed by atoms with E-state index < -0.39 is 30.5 Å². The number of nitrogens with zero attached hydrogens (tertiary/aromatic N) is 1. The topological polar surface area (TPSA) is 116 Å². The number of thioether (sulfide) groups is 1. The maximum absolute atomic E-state index is 12.1. The lowest BCUT2D eigenvalue weighted by Crippen LogP contribution is -2.51. The average Bonchev–Trinajstić information content (AvgIpc) is 2.75. The van der Waals surface area contributed by atoms with Crippen LogP contribution in [0.2, 0.25) is 0 Å². The van der Waals surface area contributed by atoms with Gasteiger partial charge in [-0.15, -0.1) is 11.8 Å². The number of carbonyl (C=O) groups is 3. The number of esters is 1. The molecule has 1 aliphatic heterocycles. The van der Waals surface area contributed by atoms with Gasteiger partial charge in [0, 0.05) is 6.20 Å². The summed E-state index contributed by atoms with van der Waals surface area (Å²) >= 11 is 1.29. The fourth-order valence-electron chi connectivity index (χ4n) is 2.31. The van der Waals surface area contributed by atoms with Crippen LogP contribution >= 0.6 is 11.8 Å². The zero-order chi connectivity index (χ0) is 19.9. The van der Waals surface area contributed by atoms with Crippen molar-refractivity contribution in [2.75, 3.05) is 19.5 Å². The smallest absolute Gasteiger partial charge is 0.341 e. The minimum atomic E-state index is -0.919. The maximum atomic E-state index is 12.1. The SMILES string of the molecule is CSc1ncccc1C(=O)OCC(=O)NNC(=O)[C@@H]1COc2ccccc2O1. The van der Waals surface area contributed by atoms with Gasteiger partial charge in [0.15, 0.2) is 18.1 Å². The van der Waals surface area contributed by atoms with E-state index >= 15 is 0 Å². The molecular weight excluding hydrogens is 386 g/mol. The highest BCUT2D eigenvalue weighted by molar-refractivity contribution is 7.98. The van der Waals surface area contributed by atoms with E-state index in [0.29, 0.717) is 16.5 Å². The van der Waals surface area contributed by atoms with E-state index in [-0.39, 0.29) is 12.2 Å². The second kappa shape index (κ2) is 9.09. The van der Waals surface area contributed by atoms with Gasteiger partial charge in [-0.2, -0.15) is 0 Å². The zero-order valence-electron chi connectivity index (χ0n) is 14.8. The number of fused-ring (bicyclic) bond motifs is 1. The van der Waals surface area contributed by atoms with E-state index in [1.807, 2.05) is 0 Å². The van der Waals surface area contributed by atoms with Crippen LogP contribution in [0, 0.1) is 0 Å². The third-order valence-electron chi connectivity index (χ3n) is 3.64. The molecule has 2 heterocycles. The Morgan fingerprint density at radius 1 is 1.18 bits per heavy atom. The molecule has 0 saturated carbocycles. The third-order valence-corrected chi connectivity index (χ3v) is 4.36. The molecule has 9 nitrogen and oxygen atoms in total. The summed E-state index contributed by atoms with van der Waals surface area (Å²) in [6, 6.07) is 10.1. The fourth-order valence-corrected chi connectivity index (χ4v) is 2.85. The third kappa shape index (κ3) is 4.71.